The van der Waals surface area contributed by atoms with Crippen molar-refractivity contribution in [3.63, 3.8) is 0 Å². The Kier molecular flexibility index (Phi) is 5.66. The molecule has 1 aromatic heterocycles. The molecule has 4 nitrogen and oxygen atoms in total. The lowest BCUT2D eigenvalue weighted by atomic mass is 10.0. The molecule has 0 atom stereocenters. The van der Waals surface area contributed by atoms with Crippen molar-refractivity contribution in [1.29, 1.82) is 0 Å². The maximum atomic E-state index is 12.0. The summed E-state index contributed by atoms with van der Waals surface area (Å²) in [6.07, 6.45) is 0.388. The van der Waals surface area contributed by atoms with Gasteiger partial charge in [0.25, 0.3) is 0 Å². The first-order valence-corrected chi connectivity index (χ1v) is 9.30. The van der Waals surface area contributed by atoms with Crippen LogP contribution in [0.2, 0.25) is 5.02 Å². The highest BCUT2D eigenvalue weighted by atomic mass is 35.5. The number of likely N-dealkylation sites (N-methyl/N-ethyl adjacent to an activating group) is 1. The topological polar surface area (TPSA) is 42.4 Å². The third-order valence-electron chi connectivity index (χ3n) is 4.46. The molecule has 2 aromatic carbocycles. The van der Waals surface area contributed by atoms with Gasteiger partial charge in [0.1, 0.15) is 5.75 Å². The van der Waals surface area contributed by atoms with Crippen molar-refractivity contribution in [3.05, 3.63) is 58.6 Å². The molecular formula is C22H23ClN2O2. The standard InChI is InChI=1S/C22H23ClN2O2/c1-5-27-21-9-7-16(13-18(21)23)20-10-14(2)17-11-15(6-8-19(17)24-20)12-22(26)25(3)4/h6-11,13H,5,12H2,1-4H3. The summed E-state index contributed by atoms with van der Waals surface area (Å²) in [5.41, 5.74) is 4.81. The number of carbonyl (C=O) groups is 1. The van der Waals surface area contributed by atoms with Crippen molar-refractivity contribution in [2.45, 2.75) is 20.3 Å². The average Bonchev–Trinajstić information content (AvgIpc) is 2.63. The zero-order valence-electron chi connectivity index (χ0n) is 16.0. The van der Waals surface area contributed by atoms with Crippen LogP contribution in [0.3, 0.4) is 0 Å². The summed E-state index contributed by atoms with van der Waals surface area (Å²) in [4.78, 5) is 18.4. The van der Waals surface area contributed by atoms with E-state index in [0.717, 1.165) is 33.3 Å². The predicted molar refractivity (Wildman–Crippen MR) is 110 cm³/mol. The first kappa shape index (κ1) is 19.2. The van der Waals surface area contributed by atoms with Gasteiger partial charge >= 0.3 is 0 Å². The van der Waals surface area contributed by atoms with Gasteiger partial charge in [-0.05, 0) is 61.4 Å². The molecule has 27 heavy (non-hydrogen) atoms. The van der Waals surface area contributed by atoms with Gasteiger partial charge in [0.2, 0.25) is 5.91 Å². The number of nitrogens with zero attached hydrogens (tertiary/aromatic N) is 2. The molecule has 0 N–H and O–H groups in total. The minimum Gasteiger partial charge on any atom is -0.492 e. The number of pyridine rings is 1. The van der Waals surface area contributed by atoms with Crippen molar-refractivity contribution >= 4 is 28.4 Å². The van der Waals surface area contributed by atoms with Gasteiger partial charge in [-0.15, -0.1) is 0 Å². The molecule has 1 amide bonds. The molecule has 140 valence electrons. The van der Waals surface area contributed by atoms with Crippen LogP contribution in [0.5, 0.6) is 5.75 Å². The number of rotatable bonds is 5. The fourth-order valence-corrected chi connectivity index (χ4v) is 3.20. The largest absolute Gasteiger partial charge is 0.492 e. The smallest absolute Gasteiger partial charge is 0.226 e. The second-order valence-corrected chi connectivity index (χ2v) is 7.13. The zero-order chi connectivity index (χ0) is 19.6. The number of hydrogen-bond acceptors (Lipinski definition) is 3. The van der Waals surface area contributed by atoms with Crippen LogP contribution in [-0.4, -0.2) is 36.5 Å². The highest BCUT2D eigenvalue weighted by molar-refractivity contribution is 6.32. The Balaban J connectivity index is 1.97. The number of aryl methyl sites for hydroxylation is 1. The fourth-order valence-electron chi connectivity index (χ4n) is 2.96. The minimum absolute atomic E-state index is 0.0839. The molecule has 0 unspecified atom stereocenters. The molecule has 0 fully saturated rings. The van der Waals surface area contributed by atoms with E-state index in [1.165, 1.54) is 0 Å². The van der Waals surface area contributed by atoms with E-state index in [4.69, 9.17) is 21.3 Å². The van der Waals surface area contributed by atoms with Crippen molar-refractivity contribution in [2.75, 3.05) is 20.7 Å². The predicted octanol–water partition coefficient (Wildman–Crippen LogP) is 4.89. The molecule has 0 radical (unpaired) electrons. The van der Waals surface area contributed by atoms with E-state index in [0.29, 0.717) is 23.8 Å². The van der Waals surface area contributed by atoms with Crippen LogP contribution in [-0.2, 0) is 11.2 Å². The van der Waals surface area contributed by atoms with Gasteiger partial charge in [0.05, 0.1) is 29.3 Å². The van der Waals surface area contributed by atoms with E-state index in [2.05, 4.69) is 6.92 Å². The zero-order valence-corrected chi connectivity index (χ0v) is 16.8. The molecule has 3 rings (SSSR count). The molecule has 1 heterocycles. The number of ether oxygens (including phenoxy) is 1. The second-order valence-electron chi connectivity index (χ2n) is 6.72. The average molecular weight is 383 g/mol. The number of hydrogen-bond donors (Lipinski definition) is 0. The van der Waals surface area contributed by atoms with Crippen LogP contribution in [0.4, 0.5) is 0 Å². The number of benzene rings is 2. The number of aromatic nitrogens is 1. The van der Waals surface area contributed by atoms with Crippen LogP contribution >= 0.6 is 11.6 Å². The number of halogens is 1. The van der Waals surface area contributed by atoms with Crippen molar-refractivity contribution < 1.29 is 9.53 Å². The van der Waals surface area contributed by atoms with Crippen LogP contribution < -0.4 is 4.74 Å². The number of fused-ring (bicyclic) bond motifs is 1. The SMILES string of the molecule is CCOc1ccc(-c2cc(C)c3cc(CC(=O)N(C)C)ccc3n2)cc1Cl. The molecule has 0 aliphatic rings. The molecule has 0 bridgehead atoms. The van der Waals surface area contributed by atoms with E-state index < -0.39 is 0 Å². The van der Waals surface area contributed by atoms with E-state index >= 15 is 0 Å². The molecule has 3 aromatic rings. The fraction of sp³-hybridized carbons (Fsp3) is 0.273. The Bertz CT molecular complexity index is 999. The van der Waals surface area contributed by atoms with Crippen LogP contribution in [0.25, 0.3) is 22.2 Å². The van der Waals surface area contributed by atoms with Gasteiger partial charge < -0.3 is 9.64 Å². The summed E-state index contributed by atoms with van der Waals surface area (Å²) < 4.78 is 5.50. The van der Waals surface area contributed by atoms with Gasteiger partial charge in [-0.25, -0.2) is 4.98 Å². The first-order chi connectivity index (χ1) is 12.9. The molecule has 0 aliphatic heterocycles. The van der Waals surface area contributed by atoms with Gasteiger partial charge in [-0.1, -0.05) is 17.7 Å². The summed E-state index contributed by atoms with van der Waals surface area (Å²) in [5.74, 6) is 0.760. The first-order valence-electron chi connectivity index (χ1n) is 8.92. The Labute approximate surface area is 164 Å². The summed E-state index contributed by atoms with van der Waals surface area (Å²) in [5, 5.41) is 1.63. The maximum absolute atomic E-state index is 12.0. The third kappa shape index (κ3) is 4.22. The van der Waals surface area contributed by atoms with E-state index in [1.54, 1.807) is 19.0 Å². The molecular weight excluding hydrogens is 360 g/mol. The van der Waals surface area contributed by atoms with Gasteiger partial charge in [-0.3, -0.25) is 4.79 Å². The lowest BCUT2D eigenvalue weighted by Crippen LogP contribution is -2.23. The quantitative estimate of drug-likeness (QED) is 0.630. The van der Waals surface area contributed by atoms with Crippen LogP contribution in [0.1, 0.15) is 18.1 Å². The molecule has 0 saturated heterocycles. The third-order valence-corrected chi connectivity index (χ3v) is 4.76. The van der Waals surface area contributed by atoms with Crippen molar-refractivity contribution in [2.24, 2.45) is 0 Å². The summed E-state index contributed by atoms with van der Waals surface area (Å²) >= 11 is 6.32. The monoisotopic (exact) mass is 382 g/mol. The Morgan fingerprint density at radius 2 is 1.93 bits per heavy atom. The van der Waals surface area contributed by atoms with Gasteiger partial charge in [-0.2, -0.15) is 0 Å². The number of amides is 1. The Morgan fingerprint density at radius 1 is 1.15 bits per heavy atom. The van der Waals surface area contributed by atoms with Gasteiger partial charge in [0, 0.05) is 25.0 Å². The van der Waals surface area contributed by atoms with E-state index in [9.17, 15) is 4.79 Å². The molecule has 5 heteroatoms. The van der Waals surface area contributed by atoms with E-state index in [1.807, 2.05) is 49.4 Å². The van der Waals surface area contributed by atoms with Crippen LogP contribution in [0, 0.1) is 6.92 Å². The molecule has 0 saturated carbocycles. The highest BCUT2D eigenvalue weighted by Crippen LogP contribution is 2.31. The lowest BCUT2D eigenvalue weighted by molar-refractivity contribution is -0.127. The lowest BCUT2D eigenvalue weighted by Gasteiger charge is -2.12. The van der Waals surface area contributed by atoms with Crippen molar-refractivity contribution in [1.82, 2.24) is 9.88 Å². The summed E-state index contributed by atoms with van der Waals surface area (Å²) in [7, 11) is 3.54. The highest BCUT2D eigenvalue weighted by Gasteiger charge is 2.11. The Morgan fingerprint density at radius 3 is 2.59 bits per heavy atom. The van der Waals surface area contributed by atoms with Crippen LogP contribution in [0.15, 0.2) is 42.5 Å². The Hall–Kier alpha value is -2.59. The molecule has 0 spiro atoms. The maximum Gasteiger partial charge on any atom is 0.226 e. The number of carbonyl (C=O) groups excluding carboxylic acids is 1. The van der Waals surface area contributed by atoms with E-state index in [-0.39, 0.29) is 5.91 Å². The van der Waals surface area contributed by atoms with Crippen molar-refractivity contribution in [3.8, 4) is 17.0 Å². The summed E-state index contributed by atoms with van der Waals surface area (Å²) in [6, 6.07) is 13.8. The summed E-state index contributed by atoms with van der Waals surface area (Å²) in [6.45, 7) is 4.56. The molecule has 0 aliphatic carbocycles. The normalized spacial score (nSPS) is 10.9. The van der Waals surface area contributed by atoms with Gasteiger partial charge in [0.15, 0.2) is 0 Å². The second kappa shape index (κ2) is 7.97. The minimum atomic E-state index is 0.0839.